The maximum Gasteiger partial charge on any atom is 0.328 e. The standard InChI is InChI=1S/C11H9BrN4O3/c12-7-1-2-8(13-5-7)14-10(18)6-16-4-3-9(17)15-11(16)19/h1-5H,6H2,(H,13,14,18)(H,15,17,19). The lowest BCUT2D eigenvalue weighted by Crippen LogP contribution is -2.32. The molecule has 7 nitrogen and oxygen atoms in total. The Balaban J connectivity index is 2.07. The number of nitrogens with zero attached hydrogens (tertiary/aromatic N) is 2. The molecule has 0 atom stereocenters. The third-order valence-electron chi connectivity index (χ3n) is 2.21. The predicted octanol–water partition coefficient (Wildman–Crippen LogP) is 0.333. The number of pyridine rings is 1. The smallest absolute Gasteiger partial charge is 0.309 e. The lowest BCUT2D eigenvalue weighted by atomic mass is 10.4. The number of carbonyl (C=O) groups is 1. The van der Waals surface area contributed by atoms with Gasteiger partial charge in [-0.3, -0.25) is 19.1 Å². The fourth-order valence-corrected chi connectivity index (χ4v) is 1.59. The van der Waals surface area contributed by atoms with Crippen LogP contribution in [0, 0.1) is 0 Å². The van der Waals surface area contributed by atoms with Gasteiger partial charge in [-0.1, -0.05) is 0 Å². The molecular formula is C11H9BrN4O3. The van der Waals surface area contributed by atoms with Crippen LogP contribution < -0.4 is 16.6 Å². The van der Waals surface area contributed by atoms with Gasteiger partial charge in [0, 0.05) is 22.9 Å². The summed E-state index contributed by atoms with van der Waals surface area (Å²) < 4.78 is 1.89. The normalized spacial score (nSPS) is 10.2. The highest BCUT2D eigenvalue weighted by Crippen LogP contribution is 2.10. The zero-order valence-corrected chi connectivity index (χ0v) is 11.2. The molecule has 2 N–H and O–H groups in total. The zero-order chi connectivity index (χ0) is 13.8. The van der Waals surface area contributed by atoms with Gasteiger partial charge in [0.1, 0.15) is 12.4 Å². The quantitative estimate of drug-likeness (QED) is 0.850. The van der Waals surface area contributed by atoms with Gasteiger partial charge in [-0.2, -0.15) is 0 Å². The maximum absolute atomic E-state index is 11.7. The molecule has 2 aromatic heterocycles. The number of aromatic amines is 1. The molecular weight excluding hydrogens is 316 g/mol. The van der Waals surface area contributed by atoms with Crippen LogP contribution in [0.3, 0.4) is 0 Å². The van der Waals surface area contributed by atoms with Crippen molar-refractivity contribution in [2.24, 2.45) is 0 Å². The van der Waals surface area contributed by atoms with E-state index in [0.29, 0.717) is 5.82 Å². The van der Waals surface area contributed by atoms with E-state index in [9.17, 15) is 14.4 Å². The molecule has 8 heteroatoms. The number of halogens is 1. The molecule has 2 aromatic rings. The van der Waals surface area contributed by atoms with Gasteiger partial charge in [0.05, 0.1) is 0 Å². The van der Waals surface area contributed by atoms with E-state index in [-0.39, 0.29) is 6.54 Å². The SMILES string of the molecule is O=C(Cn1ccc(=O)[nH]c1=O)Nc1ccc(Br)cn1. The van der Waals surface area contributed by atoms with E-state index in [1.165, 1.54) is 12.3 Å². The second kappa shape index (κ2) is 5.61. The minimum atomic E-state index is -0.633. The van der Waals surface area contributed by atoms with Gasteiger partial charge in [0.2, 0.25) is 5.91 Å². The molecule has 0 radical (unpaired) electrons. The van der Waals surface area contributed by atoms with E-state index in [4.69, 9.17) is 0 Å². The van der Waals surface area contributed by atoms with Crippen LogP contribution in [0.25, 0.3) is 0 Å². The van der Waals surface area contributed by atoms with Crippen LogP contribution in [0.4, 0.5) is 5.82 Å². The molecule has 0 fully saturated rings. The lowest BCUT2D eigenvalue weighted by molar-refractivity contribution is -0.116. The molecule has 98 valence electrons. The van der Waals surface area contributed by atoms with Crippen LogP contribution in [0.15, 0.2) is 44.7 Å². The Hall–Kier alpha value is -2.22. The second-order valence-corrected chi connectivity index (χ2v) is 4.56. The number of hydrogen-bond donors (Lipinski definition) is 2. The molecule has 0 aromatic carbocycles. The first-order valence-electron chi connectivity index (χ1n) is 5.26. The molecule has 2 rings (SSSR count). The van der Waals surface area contributed by atoms with Crippen LogP contribution in [-0.2, 0) is 11.3 Å². The number of carbonyl (C=O) groups excluding carboxylic acids is 1. The van der Waals surface area contributed by atoms with Gasteiger partial charge >= 0.3 is 5.69 Å². The second-order valence-electron chi connectivity index (χ2n) is 3.65. The van der Waals surface area contributed by atoms with Crippen molar-refractivity contribution in [3.63, 3.8) is 0 Å². The van der Waals surface area contributed by atoms with Gasteiger partial charge < -0.3 is 5.32 Å². The van der Waals surface area contributed by atoms with Crippen molar-refractivity contribution in [3.05, 3.63) is 55.9 Å². The summed E-state index contributed by atoms with van der Waals surface area (Å²) in [4.78, 5) is 40.0. The van der Waals surface area contributed by atoms with E-state index >= 15 is 0 Å². The van der Waals surface area contributed by atoms with E-state index < -0.39 is 17.2 Å². The molecule has 19 heavy (non-hydrogen) atoms. The molecule has 0 saturated carbocycles. The predicted molar refractivity (Wildman–Crippen MR) is 71.9 cm³/mol. The topological polar surface area (TPSA) is 96.9 Å². The highest BCUT2D eigenvalue weighted by atomic mass is 79.9. The maximum atomic E-state index is 11.7. The Kier molecular flexibility index (Phi) is 3.91. The van der Waals surface area contributed by atoms with E-state index in [0.717, 1.165) is 9.04 Å². The Morgan fingerprint density at radius 3 is 2.79 bits per heavy atom. The molecule has 2 heterocycles. The number of amides is 1. The van der Waals surface area contributed by atoms with Crippen molar-refractivity contribution in [1.82, 2.24) is 14.5 Å². The monoisotopic (exact) mass is 324 g/mol. The fraction of sp³-hybridized carbons (Fsp3) is 0.0909. The molecule has 0 aliphatic heterocycles. The summed E-state index contributed by atoms with van der Waals surface area (Å²) in [5.74, 6) is -0.0327. The number of H-pyrrole nitrogens is 1. The van der Waals surface area contributed by atoms with Crippen LogP contribution in [0.5, 0.6) is 0 Å². The Morgan fingerprint density at radius 1 is 1.37 bits per heavy atom. The van der Waals surface area contributed by atoms with Crippen molar-refractivity contribution in [2.75, 3.05) is 5.32 Å². The zero-order valence-electron chi connectivity index (χ0n) is 9.59. The van der Waals surface area contributed by atoms with Crippen LogP contribution in [-0.4, -0.2) is 20.4 Å². The number of aromatic nitrogens is 3. The Morgan fingerprint density at radius 2 is 2.16 bits per heavy atom. The number of hydrogen-bond acceptors (Lipinski definition) is 4. The molecule has 0 bridgehead atoms. The summed E-state index contributed by atoms with van der Waals surface area (Å²) in [6, 6.07) is 4.53. The van der Waals surface area contributed by atoms with Gasteiger partial charge in [0.15, 0.2) is 0 Å². The van der Waals surface area contributed by atoms with Crippen molar-refractivity contribution in [3.8, 4) is 0 Å². The van der Waals surface area contributed by atoms with Crippen molar-refractivity contribution >= 4 is 27.7 Å². The minimum absolute atomic E-state index is 0.201. The average Bonchev–Trinajstić information content (AvgIpc) is 2.36. The van der Waals surface area contributed by atoms with Crippen LogP contribution >= 0.6 is 15.9 Å². The van der Waals surface area contributed by atoms with Crippen LogP contribution in [0.2, 0.25) is 0 Å². The lowest BCUT2D eigenvalue weighted by Gasteiger charge is -2.05. The summed E-state index contributed by atoms with van der Waals surface area (Å²) in [5.41, 5.74) is -1.14. The average molecular weight is 325 g/mol. The Bertz CT molecular complexity index is 705. The van der Waals surface area contributed by atoms with Crippen molar-refractivity contribution in [1.29, 1.82) is 0 Å². The molecule has 0 spiro atoms. The Labute approximate surface area is 115 Å². The van der Waals surface area contributed by atoms with Gasteiger partial charge in [0.25, 0.3) is 5.56 Å². The third-order valence-corrected chi connectivity index (χ3v) is 2.67. The molecule has 0 unspecified atom stereocenters. The first-order chi connectivity index (χ1) is 9.04. The summed E-state index contributed by atoms with van der Waals surface area (Å²) in [5, 5.41) is 2.54. The van der Waals surface area contributed by atoms with Gasteiger partial charge in [-0.05, 0) is 28.1 Å². The fourth-order valence-electron chi connectivity index (χ4n) is 1.36. The first kappa shape index (κ1) is 13.2. The third kappa shape index (κ3) is 3.62. The highest BCUT2D eigenvalue weighted by molar-refractivity contribution is 9.10. The van der Waals surface area contributed by atoms with E-state index in [1.807, 2.05) is 0 Å². The van der Waals surface area contributed by atoms with Gasteiger partial charge in [-0.25, -0.2) is 9.78 Å². The molecule has 0 aliphatic rings. The highest BCUT2D eigenvalue weighted by Gasteiger charge is 2.06. The van der Waals surface area contributed by atoms with Gasteiger partial charge in [-0.15, -0.1) is 0 Å². The first-order valence-corrected chi connectivity index (χ1v) is 6.05. The number of rotatable bonds is 3. The summed E-state index contributed by atoms with van der Waals surface area (Å²) in [6.07, 6.45) is 2.80. The van der Waals surface area contributed by atoms with E-state index in [2.05, 4.69) is 31.2 Å². The molecule has 0 aliphatic carbocycles. The van der Waals surface area contributed by atoms with E-state index in [1.54, 1.807) is 18.3 Å². The largest absolute Gasteiger partial charge is 0.328 e. The molecule has 0 saturated heterocycles. The van der Waals surface area contributed by atoms with Crippen molar-refractivity contribution < 1.29 is 4.79 Å². The number of nitrogens with one attached hydrogen (secondary N) is 2. The number of anilines is 1. The minimum Gasteiger partial charge on any atom is -0.309 e. The van der Waals surface area contributed by atoms with Crippen LogP contribution in [0.1, 0.15) is 0 Å². The molecule has 1 amide bonds. The summed E-state index contributed by atoms with van der Waals surface area (Å²) in [6.45, 7) is -0.201. The summed E-state index contributed by atoms with van der Waals surface area (Å²) >= 11 is 3.23. The van der Waals surface area contributed by atoms with Crippen molar-refractivity contribution in [2.45, 2.75) is 6.54 Å². The summed E-state index contributed by atoms with van der Waals surface area (Å²) in [7, 11) is 0.